The minimum absolute atomic E-state index is 0.00990. The molecule has 0 unspecified atom stereocenters. The number of benzene rings is 3. The highest BCUT2D eigenvalue weighted by molar-refractivity contribution is 5.94. The van der Waals surface area contributed by atoms with Crippen molar-refractivity contribution in [2.45, 2.75) is 56.8 Å². The quantitative estimate of drug-likeness (QED) is 0.250. The summed E-state index contributed by atoms with van der Waals surface area (Å²) in [5, 5.41) is 0. The molecule has 5 fully saturated rings. The predicted octanol–water partition coefficient (Wildman–Crippen LogP) is 5.69. The van der Waals surface area contributed by atoms with E-state index in [1.54, 1.807) is 0 Å². The second kappa shape index (κ2) is 15.0. The number of esters is 1. The maximum absolute atomic E-state index is 13.3. The fraction of sp³-hybridized carbons (Fsp3) is 0.487. The van der Waals surface area contributed by atoms with Crippen LogP contribution in [0.1, 0.15) is 65.1 Å². The summed E-state index contributed by atoms with van der Waals surface area (Å²) < 4.78 is 23.5. The Kier molecular flexibility index (Phi) is 10.2. The van der Waals surface area contributed by atoms with Gasteiger partial charge in [0, 0.05) is 37.5 Å². The number of ether oxygens (including phenoxy) is 4. The molecular weight excluding hydrogens is 592 g/mol. The summed E-state index contributed by atoms with van der Waals surface area (Å²) in [5.74, 6) is 1.51. The Labute approximate surface area is 277 Å². The van der Waals surface area contributed by atoms with E-state index < -0.39 is 0 Å². The maximum atomic E-state index is 13.3. The van der Waals surface area contributed by atoms with Gasteiger partial charge in [-0.25, -0.2) is 0 Å². The lowest BCUT2D eigenvalue weighted by Crippen LogP contribution is -2.52. The number of amides is 1. The molecule has 8 heteroatoms. The number of rotatable bonds is 11. The highest BCUT2D eigenvalue weighted by Crippen LogP contribution is 2.34. The van der Waals surface area contributed by atoms with Crippen LogP contribution in [0.15, 0.2) is 78.9 Å². The Morgan fingerprint density at radius 3 is 2.23 bits per heavy atom. The molecule has 1 amide bonds. The predicted molar refractivity (Wildman–Crippen MR) is 178 cm³/mol. The van der Waals surface area contributed by atoms with Crippen LogP contribution >= 0.6 is 0 Å². The molecule has 0 N–H and O–H groups in total. The van der Waals surface area contributed by atoms with E-state index in [-0.39, 0.29) is 30.2 Å². The number of piperidine rings is 4. The summed E-state index contributed by atoms with van der Waals surface area (Å²) in [6.07, 6.45) is 4.86. The zero-order valence-corrected chi connectivity index (χ0v) is 27.1. The normalized spacial score (nSPS) is 23.8. The van der Waals surface area contributed by atoms with Crippen LogP contribution in [-0.4, -0.2) is 86.6 Å². The van der Waals surface area contributed by atoms with Crippen molar-refractivity contribution in [3.8, 4) is 5.75 Å². The summed E-state index contributed by atoms with van der Waals surface area (Å²) in [5.41, 5.74) is 3.97. The van der Waals surface area contributed by atoms with E-state index in [2.05, 4.69) is 29.2 Å². The number of likely N-dealkylation sites (tertiary alicyclic amines) is 1. The minimum atomic E-state index is -0.186. The van der Waals surface area contributed by atoms with Crippen LogP contribution in [0, 0.1) is 11.8 Å². The molecule has 5 heterocycles. The summed E-state index contributed by atoms with van der Waals surface area (Å²) in [7, 11) is 0. The van der Waals surface area contributed by atoms with E-state index in [1.807, 2.05) is 59.5 Å². The third-order valence-electron chi connectivity index (χ3n) is 10.4. The Hall–Kier alpha value is -3.72. The van der Waals surface area contributed by atoms with Gasteiger partial charge in [0.1, 0.15) is 11.9 Å². The van der Waals surface area contributed by atoms with E-state index in [0.717, 1.165) is 80.8 Å². The van der Waals surface area contributed by atoms with Crippen molar-refractivity contribution in [3.63, 3.8) is 0 Å². The number of carbonyl (C=O) groups excluding carboxylic acids is 2. The molecule has 3 aromatic carbocycles. The van der Waals surface area contributed by atoms with Crippen molar-refractivity contribution in [1.82, 2.24) is 9.80 Å². The first-order chi connectivity index (χ1) is 23.1. The molecule has 0 aromatic heterocycles. The molecule has 8 nitrogen and oxygen atoms in total. The van der Waals surface area contributed by atoms with Gasteiger partial charge >= 0.3 is 5.97 Å². The fourth-order valence-corrected chi connectivity index (χ4v) is 7.56. The first-order valence-corrected chi connectivity index (χ1v) is 17.4. The lowest BCUT2D eigenvalue weighted by atomic mass is 9.85. The molecule has 0 aliphatic carbocycles. The van der Waals surface area contributed by atoms with Crippen molar-refractivity contribution >= 4 is 11.9 Å². The van der Waals surface area contributed by atoms with Crippen molar-refractivity contribution in [3.05, 3.63) is 101 Å². The van der Waals surface area contributed by atoms with E-state index in [4.69, 9.17) is 18.9 Å². The van der Waals surface area contributed by atoms with Crippen molar-refractivity contribution in [2.24, 2.45) is 11.8 Å². The zero-order valence-electron chi connectivity index (χ0n) is 27.1. The van der Waals surface area contributed by atoms with Gasteiger partial charge in [-0.1, -0.05) is 54.6 Å². The highest BCUT2D eigenvalue weighted by atomic mass is 16.7. The Balaban J connectivity index is 0.918. The lowest BCUT2D eigenvalue weighted by Gasteiger charge is -2.44. The summed E-state index contributed by atoms with van der Waals surface area (Å²) in [6, 6.07) is 26.2. The van der Waals surface area contributed by atoms with Gasteiger partial charge < -0.3 is 23.8 Å². The van der Waals surface area contributed by atoms with E-state index in [0.29, 0.717) is 50.1 Å². The Bertz CT molecular complexity index is 1470. The number of nitrogens with zero attached hydrogens (tertiary/aromatic N) is 2. The molecule has 8 rings (SSSR count). The third kappa shape index (κ3) is 8.06. The van der Waals surface area contributed by atoms with E-state index in [1.165, 1.54) is 0 Å². The second-order valence-electron chi connectivity index (χ2n) is 13.5. The van der Waals surface area contributed by atoms with Gasteiger partial charge in [-0.05, 0) is 91.6 Å². The molecule has 5 aliphatic heterocycles. The number of hydrogen-bond acceptors (Lipinski definition) is 7. The van der Waals surface area contributed by atoms with Crippen LogP contribution < -0.4 is 4.74 Å². The smallest absolute Gasteiger partial charge is 0.307 e. The fourth-order valence-electron chi connectivity index (χ4n) is 7.56. The van der Waals surface area contributed by atoms with Crippen LogP contribution in [0.2, 0.25) is 0 Å². The maximum Gasteiger partial charge on any atom is 0.307 e. The average Bonchev–Trinajstić information content (AvgIpc) is 3.64. The van der Waals surface area contributed by atoms with Crippen LogP contribution in [-0.2, 0) is 25.4 Å². The van der Waals surface area contributed by atoms with Crippen LogP contribution in [0.25, 0.3) is 0 Å². The van der Waals surface area contributed by atoms with Gasteiger partial charge in [-0.2, -0.15) is 0 Å². The van der Waals surface area contributed by atoms with Crippen LogP contribution in [0.3, 0.4) is 0 Å². The highest BCUT2D eigenvalue weighted by Gasteiger charge is 2.37. The van der Waals surface area contributed by atoms with Crippen molar-refractivity contribution in [2.75, 3.05) is 52.5 Å². The molecule has 0 radical (unpaired) electrons. The average molecular weight is 639 g/mol. The van der Waals surface area contributed by atoms with Gasteiger partial charge in [0.05, 0.1) is 26.2 Å². The Morgan fingerprint density at radius 1 is 0.809 bits per heavy atom. The van der Waals surface area contributed by atoms with Crippen molar-refractivity contribution < 1.29 is 28.5 Å². The third-order valence-corrected chi connectivity index (χ3v) is 10.4. The molecular formula is C39H46N2O6. The largest absolute Gasteiger partial charge is 0.493 e. The van der Waals surface area contributed by atoms with E-state index in [9.17, 15) is 9.59 Å². The zero-order chi connectivity index (χ0) is 32.0. The van der Waals surface area contributed by atoms with E-state index >= 15 is 0 Å². The second-order valence-corrected chi connectivity index (χ2v) is 13.5. The molecule has 2 bridgehead atoms. The molecule has 248 valence electrons. The van der Waals surface area contributed by atoms with Crippen LogP contribution in [0.4, 0.5) is 0 Å². The lowest BCUT2D eigenvalue weighted by molar-refractivity contribution is -0.159. The van der Waals surface area contributed by atoms with Gasteiger partial charge in [0.15, 0.2) is 6.29 Å². The topological polar surface area (TPSA) is 77.5 Å². The molecule has 0 spiro atoms. The van der Waals surface area contributed by atoms with Gasteiger partial charge in [0.25, 0.3) is 5.91 Å². The molecule has 47 heavy (non-hydrogen) atoms. The number of hydrogen-bond donors (Lipinski definition) is 0. The van der Waals surface area contributed by atoms with Crippen molar-refractivity contribution in [1.29, 1.82) is 0 Å². The van der Waals surface area contributed by atoms with Gasteiger partial charge in [-0.15, -0.1) is 0 Å². The molecule has 0 saturated carbocycles. The molecule has 3 aromatic rings. The summed E-state index contributed by atoms with van der Waals surface area (Å²) in [4.78, 5) is 30.9. The first kappa shape index (κ1) is 31.9. The standard InChI is InChI=1S/C39H46N2O6/c42-37(47-36-26-40-17-15-31(36)16-18-40)25-35(30-5-2-1-3-6-30)33-7-4-8-34(24-33)46-27-29-13-19-41(20-14-29)39(43)32-11-9-28(10-12-32)23-38-44-21-22-45-38/h1-12,24,29,31,35-36,38H,13-23,25-27H2/t35-,36-/m0/s1. The SMILES string of the molecule is O=C(C[C@@H](c1ccccc1)c1cccc(OCC2CCN(C(=O)c3ccc(CC4OCCO4)cc3)CC2)c1)O[C@H]1CN2CCC1CC2. The minimum Gasteiger partial charge on any atom is -0.493 e. The van der Waals surface area contributed by atoms with Gasteiger partial charge in [-0.3, -0.25) is 14.5 Å². The summed E-state index contributed by atoms with van der Waals surface area (Å²) >= 11 is 0. The Morgan fingerprint density at radius 2 is 1.53 bits per heavy atom. The number of carbonyl (C=O) groups is 2. The first-order valence-electron chi connectivity index (χ1n) is 17.4. The molecule has 5 aliphatic rings. The summed E-state index contributed by atoms with van der Waals surface area (Å²) in [6.45, 7) is 6.43. The number of fused-ring (bicyclic) bond motifs is 3. The monoisotopic (exact) mass is 638 g/mol. The van der Waals surface area contributed by atoms with Gasteiger partial charge in [0.2, 0.25) is 0 Å². The van der Waals surface area contributed by atoms with Crippen LogP contribution in [0.5, 0.6) is 5.75 Å². The molecule has 2 atom stereocenters. The molecule has 5 saturated heterocycles.